The van der Waals surface area contributed by atoms with Crippen molar-refractivity contribution in [3.63, 3.8) is 0 Å². The Bertz CT molecular complexity index is 954. The van der Waals surface area contributed by atoms with Crippen LogP contribution in [0.25, 0.3) is 0 Å². The summed E-state index contributed by atoms with van der Waals surface area (Å²) in [5.41, 5.74) is 0.665. The van der Waals surface area contributed by atoms with Gasteiger partial charge in [-0.05, 0) is 42.8 Å². The lowest BCUT2D eigenvalue weighted by Crippen LogP contribution is -2.36. The topological polar surface area (TPSA) is 71.8 Å². The third-order valence-corrected chi connectivity index (χ3v) is 4.67. The van der Waals surface area contributed by atoms with Crippen LogP contribution in [0.15, 0.2) is 77.4 Å². The van der Waals surface area contributed by atoms with Crippen molar-refractivity contribution < 1.29 is 18.7 Å². The lowest BCUT2D eigenvalue weighted by atomic mass is 10.1. The molecule has 0 saturated carbocycles. The number of anilines is 1. The van der Waals surface area contributed by atoms with Crippen molar-refractivity contribution in [2.75, 3.05) is 11.4 Å². The van der Waals surface area contributed by atoms with Gasteiger partial charge in [-0.3, -0.25) is 9.59 Å². The summed E-state index contributed by atoms with van der Waals surface area (Å²) < 4.78 is 11.2. The summed E-state index contributed by atoms with van der Waals surface area (Å²) in [5.74, 6) is 0.705. The summed E-state index contributed by atoms with van der Waals surface area (Å²) in [6.07, 6.45) is 2.01. The van der Waals surface area contributed by atoms with Crippen LogP contribution in [0.4, 0.5) is 5.69 Å². The van der Waals surface area contributed by atoms with Crippen LogP contribution in [0.5, 0.6) is 11.5 Å². The van der Waals surface area contributed by atoms with E-state index in [1.807, 2.05) is 54.6 Å². The molecule has 1 fully saturated rings. The molecule has 2 aromatic carbocycles. The monoisotopic (exact) mass is 376 g/mol. The largest absolute Gasteiger partial charge is 0.467 e. The fourth-order valence-electron chi connectivity index (χ4n) is 3.25. The van der Waals surface area contributed by atoms with Gasteiger partial charge in [0.05, 0.1) is 18.5 Å². The van der Waals surface area contributed by atoms with Gasteiger partial charge in [-0.15, -0.1) is 0 Å². The number of amides is 2. The van der Waals surface area contributed by atoms with Crippen molar-refractivity contribution in [3.05, 3.63) is 78.8 Å². The predicted octanol–water partition coefficient (Wildman–Crippen LogP) is 3.74. The van der Waals surface area contributed by atoms with Gasteiger partial charge in [-0.25, -0.2) is 0 Å². The normalized spacial score (nSPS) is 16.2. The first kappa shape index (κ1) is 17.9. The molecule has 28 heavy (non-hydrogen) atoms. The molecule has 4 rings (SSSR count). The molecule has 0 aliphatic carbocycles. The van der Waals surface area contributed by atoms with Gasteiger partial charge in [-0.1, -0.05) is 30.3 Å². The fraction of sp³-hybridized carbons (Fsp3) is 0.182. The molecule has 6 nitrogen and oxygen atoms in total. The number of nitrogens with zero attached hydrogens (tertiary/aromatic N) is 1. The number of carbonyl (C=O) groups is 2. The van der Waals surface area contributed by atoms with Crippen LogP contribution in [-0.4, -0.2) is 18.4 Å². The SMILES string of the molecule is O=C(NCc1ccco1)C1CCN(c2ccccc2Oc2ccccc2)C1=O. The molecule has 2 heterocycles. The van der Waals surface area contributed by atoms with E-state index in [9.17, 15) is 9.59 Å². The number of carbonyl (C=O) groups excluding carboxylic acids is 2. The van der Waals surface area contributed by atoms with Crippen LogP contribution in [0.2, 0.25) is 0 Å². The molecule has 1 aromatic heterocycles. The molecule has 1 aliphatic rings. The minimum atomic E-state index is -0.709. The van der Waals surface area contributed by atoms with Gasteiger partial charge in [-0.2, -0.15) is 0 Å². The van der Waals surface area contributed by atoms with Crippen LogP contribution >= 0.6 is 0 Å². The zero-order valence-corrected chi connectivity index (χ0v) is 15.2. The second-order valence-corrected chi connectivity index (χ2v) is 6.51. The van der Waals surface area contributed by atoms with E-state index in [4.69, 9.17) is 9.15 Å². The third kappa shape index (κ3) is 3.76. The maximum Gasteiger partial charge on any atom is 0.239 e. The van der Waals surface area contributed by atoms with E-state index in [1.165, 1.54) is 0 Å². The molecular formula is C22H20N2O4. The number of ether oxygens (including phenoxy) is 1. The maximum atomic E-state index is 12.9. The molecule has 0 spiro atoms. The Morgan fingerprint density at radius 2 is 1.86 bits per heavy atom. The zero-order chi connectivity index (χ0) is 19.3. The summed E-state index contributed by atoms with van der Waals surface area (Å²) in [7, 11) is 0. The Hall–Kier alpha value is -3.54. The van der Waals surface area contributed by atoms with E-state index in [0.717, 1.165) is 0 Å². The fourth-order valence-corrected chi connectivity index (χ4v) is 3.25. The number of para-hydroxylation sites is 3. The van der Waals surface area contributed by atoms with Crippen LogP contribution in [0.3, 0.4) is 0 Å². The Labute approximate surface area is 162 Å². The third-order valence-electron chi connectivity index (χ3n) is 4.67. The summed E-state index contributed by atoms with van der Waals surface area (Å²) in [6.45, 7) is 0.732. The molecule has 142 valence electrons. The lowest BCUT2D eigenvalue weighted by Gasteiger charge is -2.20. The van der Waals surface area contributed by atoms with Crippen molar-refractivity contribution in [1.29, 1.82) is 0 Å². The first-order valence-corrected chi connectivity index (χ1v) is 9.16. The highest BCUT2D eigenvalue weighted by Crippen LogP contribution is 2.35. The van der Waals surface area contributed by atoms with E-state index < -0.39 is 5.92 Å². The molecule has 0 bridgehead atoms. The molecule has 0 radical (unpaired) electrons. The molecular weight excluding hydrogens is 356 g/mol. The molecule has 1 aliphatic heterocycles. The quantitative estimate of drug-likeness (QED) is 0.665. The van der Waals surface area contributed by atoms with Crippen molar-refractivity contribution in [1.82, 2.24) is 5.32 Å². The lowest BCUT2D eigenvalue weighted by molar-refractivity contribution is -0.132. The Morgan fingerprint density at radius 1 is 1.07 bits per heavy atom. The molecule has 3 aromatic rings. The summed E-state index contributed by atoms with van der Waals surface area (Å²) in [6, 6.07) is 20.3. The highest BCUT2D eigenvalue weighted by atomic mass is 16.5. The first-order valence-electron chi connectivity index (χ1n) is 9.16. The van der Waals surface area contributed by atoms with Gasteiger partial charge in [0.15, 0.2) is 5.75 Å². The van der Waals surface area contributed by atoms with Crippen molar-refractivity contribution in [2.45, 2.75) is 13.0 Å². The van der Waals surface area contributed by atoms with Crippen molar-refractivity contribution in [3.8, 4) is 11.5 Å². The van der Waals surface area contributed by atoms with E-state index >= 15 is 0 Å². The highest BCUT2D eigenvalue weighted by Gasteiger charge is 2.38. The van der Waals surface area contributed by atoms with E-state index in [2.05, 4.69) is 5.32 Å². The van der Waals surface area contributed by atoms with Crippen molar-refractivity contribution in [2.24, 2.45) is 5.92 Å². The number of hydrogen-bond acceptors (Lipinski definition) is 4. The molecule has 6 heteroatoms. The molecule has 1 atom stereocenters. The number of furan rings is 1. The maximum absolute atomic E-state index is 12.9. The minimum Gasteiger partial charge on any atom is -0.467 e. The van der Waals surface area contributed by atoms with Gasteiger partial charge < -0.3 is 19.4 Å². The van der Waals surface area contributed by atoms with Gasteiger partial charge in [0.1, 0.15) is 17.4 Å². The van der Waals surface area contributed by atoms with Gasteiger partial charge >= 0.3 is 0 Å². The standard InChI is InChI=1S/C22H20N2O4/c25-21(23-15-17-9-6-14-27-17)18-12-13-24(22(18)26)19-10-4-5-11-20(19)28-16-7-2-1-3-8-16/h1-11,14,18H,12-13,15H2,(H,23,25). The summed E-state index contributed by atoms with van der Waals surface area (Å²) in [4.78, 5) is 27.0. The first-order chi connectivity index (χ1) is 13.7. The number of rotatable bonds is 6. The smallest absolute Gasteiger partial charge is 0.239 e. The Balaban J connectivity index is 1.47. The number of hydrogen-bond donors (Lipinski definition) is 1. The molecule has 1 saturated heterocycles. The Morgan fingerprint density at radius 3 is 2.64 bits per heavy atom. The van der Waals surface area contributed by atoms with Gasteiger partial charge in [0.25, 0.3) is 0 Å². The average molecular weight is 376 g/mol. The van der Waals surface area contributed by atoms with Crippen LogP contribution in [0, 0.1) is 5.92 Å². The number of nitrogens with one attached hydrogen (secondary N) is 1. The van der Waals surface area contributed by atoms with Gasteiger partial charge in [0, 0.05) is 6.54 Å². The second-order valence-electron chi connectivity index (χ2n) is 6.51. The van der Waals surface area contributed by atoms with Crippen LogP contribution in [0.1, 0.15) is 12.2 Å². The van der Waals surface area contributed by atoms with Crippen LogP contribution in [-0.2, 0) is 16.1 Å². The van der Waals surface area contributed by atoms with E-state index in [-0.39, 0.29) is 18.4 Å². The highest BCUT2D eigenvalue weighted by molar-refractivity contribution is 6.10. The van der Waals surface area contributed by atoms with E-state index in [1.54, 1.807) is 23.3 Å². The van der Waals surface area contributed by atoms with Crippen LogP contribution < -0.4 is 15.0 Å². The van der Waals surface area contributed by atoms with Crippen molar-refractivity contribution >= 4 is 17.5 Å². The summed E-state index contributed by atoms with van der Waals surface area (Å²) in [5, 5.41) is 2.77. The molecule has 2 amide bonds. The zero-order valence-electron chi connectivity index (χ0n) is 15.2. The Kier molecular flexibility index (Phi) is 5.10. The minimum absolute atomic E-state index is 0.221. The number of benzene rings is 2. The summed E-state index contributed by atoms with van der Waals surface area (Å²) >= 11 is 0. The molecule has 1 unspecified atom stereocenters. The second kappa shape index (κ2) is 8.00. The molecule has 1 N–H and O–H groups in total. The van der Waals surface area contributed by atoms with Gasteiger partial charge in [0.2, 0.25) is 11.8 Å². The average Bonchev–Trinajstić information content (AvgIpc) is 3.37. The predicted molar refractivity (Wildman–Crippen MR) is 104 cm³/mol. The van der Waals surface area contributed by atoms with E-state index in [0.29, 0.717) is 35.9 Å².